The molecule has 3 N–H and O–H groups in total. The first kappa shape index (κ1) is 17.6. The maximum Gasteiger partial charge on any atom is 0.321 e. The Hall–Kier alpha value is -1.43. The molecule has 0 bridgehead atoms. The number of nitrogens with zero attached hydrogens (tertiary/aromatic N) is 1. The summed E-state index contributed by atoms with van der Waals surface area (Å²) >= 11 is 0. The molecule has 2 heterocycles. The molecule has 0 aliphatic carbocycles. The highest BCUT2D eigenvalue weighted by atomic mass is 35.5. The van der Waals surface area contributed by atoms with Gasteiger partial charge in [-0.05, 0) is 5.56 Å². The molecule has 0 unspecified atom stereocenters. The summed E-state index contributed by atoms with van der Waals surface area (Å²) in [6, 6.07) is 9.82. The molecule has 0 amide bonds. The van der Waals surface area contributed by atoms with Gasteiger partial charge in [-0.3, -0.25) is 10.1 Å². The number of carboxylic acids is 1. The quantitative estimate of drug-likeness (QED) is 0.784. The number of carbonyl (C=O) groups is 1. The average molecular weight is 332 g/mol. The monoisotopic (exact) mass is 331 g/mol. The van der Waals surface area contributed by atoms with Gasteiger partial charge in [0, 0.05) is 30.9 Å². The normalized spacial score (nSPS) is 20.0. The van der Waals surface area contributed by atoms with E-state index in [1.807, 2.05) is 18.2 Å². The Labute approximate surface area is 136 Å². The molecule has 3 rings (SSSR count). The highest BCUT2D eigenvalue weighted by Crippen LogP contribution is 2.24. The molecular weight excluding hydrogens is 313 g/mol. The Morgan fingerprint density at radius 3 is 2.67 bits per heavy atom. The van der Waals surface area contributed by atoms with Crippen LogP contribution in [0.25, 0.3) is 0 Å². The third kappa shape index (κ3) is 3.81. The second-order valence-electron chi connectivity index (χ2n) is 4.92. The summed E-state index contributed by atoms with van der Waals surface area (Å²) in [5.74, 6) is -0.783. The summed E-state index contributed by atoms with van der Waals surface area (Å²) in [5, 5.41) is 15.4. The number of carboxylic acid groups (broad SMARTS) is 1. The first-order valence-electron chi connectivity index (χ1n) is 6.45. The average Bonchev–Trinajstić information content (AvgIpc) is 2.82. The largest absolute Gasteiger partial charge is 0.480 e. The zero-order valence-electron chi connectivity index (χ0n) is 11.4. The lowest BCUT2D eigenvalue weighted by Crippen LogP contribution is -2.43. The van der Waals surface area contributed by atoms with E-state index in [1.165, 1.54) is 11.3 Å². The molecule has 1 aromatic rings. The maximum absolute atomic E-state index is 11.0. The number of hydrogen-bond donors (Lipinski definition) is 3. The summed E-state index contributed by atoms with van der Waals surface area (Å²) in [4.78, 5) is 13.2. The molecule has 116 valence electrons. The zero-order chi connectivity index (χ0) is 13.2. The smallest absolute Gasteiger partial charge is 0.321 e. The van der Waals surface area contributed by atoms with E-state index in [0.29, 0.717) is 13.0 Å². The van der Waals surface area contributed by atoms with Crippen molar-refractivity contribution in [2.75, 3.05) is 13.2 Å². The minimum Gasteiger partial charge on any atom is -0.480 e. The van der Waals surface area contributed by atoms with E-state index >= 15 is 0 Å². The number of rotatable bonds is 3. The van der Waals surface area contributed by atoms with Crippen molar-refractivity contribution in [3.05, 3.63) is 47.3 Å². The number of benzene rings is 1. The zero-order valence-corrected chi connectivity index (χ0v) is 13.0. The number of hydrogen-bond acceptors (Lipinski definition) is 4. The molecule has 0 spiro atoms. The number of halogens is 2. The molecular formula is C14H19Cl2N3O2. The van der Waals surface area contributed by atoms with Gasteiger partial charge in [0.1, 0.15) is 6.04 Å². The molecule has 0 saturated heterocycles. The SMILES string of the molecule is Cl.Cl.O=C(O)[C@@H]1CC2=C(CN1)N(Cc1ccccc1)CN2. The minimum atomic E-state index is -0.783. The lowest BCUT2D eigenvalue weighted by atomic mass is 10.1. The highest BCUT2D eigenvalue weighted by Gasteiger charge is 2.31. The minimum absolute atomic E-state index is 0. The lowest BCUT2D eigenvalue weighted by molar-refractivity contribution is -0.139. The van der Waals surface area contributed by atoms with Gasteiger partial charge in [0.15, 0.2) is 0 Å². The molecule has 21 heavy (non-hydrogen) atoms. The van der Waals surface area contributed by atoms with Gasteiger partial charge in [0.2, 0.25) is 0 Å². The van der Waals surface area contributed by atoms with Crippen molar-refractivity contribution in [3.63, 3.8) is 0 Å². The van der Waals surface area contributed by atoms with E-state index in [0.717, 1.165) is 18.9 Å². The fourth-order valence-corrected chi connectivity index (χ4v) is 2.61. The van der Waals surface area contributed by atoms with E-state index in [9.17, 15) is 4.79 Å². The van der Waals surface area contributed by atoms with Crippen LogP contribution < -0.4 is 10.6 Å². The summed E-state index contributed by atoms with van der Waals surface area (Å²) < 4.78 is 0. The Morgan fingerprint density at radius 1 is 1.29 bits per heavy atom. The van der Waals surface area contributed by atoms with E-state index in [4.69, 9.17) is 5.11 Å². The topological polar surface area (TPSA) is 64.6 Å². The third-order valence-corrected chi connectivity index (χ3v) is 3.65. The summed E-state index contributed by atoms with van der Waals surface area (Å²) in [6.45, 7) is 2.23. The first-order chi connectivity index (χ1) is 9.24. The van der Waals surface area contributed by atoms with Gasteiger partial charge < -0.3 is 15.3 Å². The van der Waals surface area contributed by atoms with Crippen molar-refractivity contribution in [2.24, 2.45) is 0 Å². The third-order valence-electron chi connectivity index (χ3n) is 3.65. The van der Waals surface area contributed by atoms with Crippen LogP contribution in [0.1, 0.15) is 12.0 Å². The van der Waals surface area contributed by atoms with Gasteiger partial charge in [0.25, 0.3) is 0 Å². The predicted octanol–water partition coefficient (Wildman–Crippen LogP) is 1.55. The fraction of sp³-hybridized carbons (Fsp3) is 0.357. The van der Waals surface area contributed by atoms with Crippen molar-refractivity contribution in [2.45, 2.75) is 19.0 Å². The molecule has 0 aromatic heterocycles. The maximum atomic E-state index is 11.0. The second kappa shape index (κ2) is 7.54. The molecule has 7 heteroatoms. The van der Waals surface area contributed by atoms with E-state index < -0.39 is 12.0 Å². The number of aliphatic carboxylic acids is 1. The van der Waals surface area contributed by atoms with Gasteiger partial charge in [0.05, 0.1) is 6.67 Å². The van der Waals surface area contributed by atoms with Crippen molar-refractivity contribution in [3.8, 4) is 0 Å². The van der Waals surface area contributed by atoms with Crippen molar-refractivity contribution < 1.29 is 9.90 Å². The first-order valence-corrected chi connectivity index (χ1v) is 6.45. The number of nitrogens with one attached hydrogen (secondary N) is 2. The fourth-order valence-electron chi connectivity index (χ4n) is 2.61. The molecule has 0 fully saturated rings. The van der Waals surface area contributed by atoms with Gasteiger partial charge in [-0.1, -0.05) is 30.3 Å². The van der Waals surface area contributed by atoms with Crippen molar-refractivity contribution >= 4 is 30.8 Å². The van der Waals surface area contributed by atoms with Crippen LogP contribution in [0.5, 0.6) is 0 Å². The predicted molar refractivity (Wildman–Crippen MR) is 85.6 cm³/mol. The molecule has 0 saturated carbocycles. The van der Waals surface area contributed by atoms with E-state index in [1.54, 1.807) is 0 Å². The van der Waals surface area contributed by atoms with Gasteiger partial charge in [-0.15, -0.1) is 24.8 Å². The lowest BCUT2D eigenvalue weighted by Gasteiger charge is -2.26. The summed E-state index contributed by atoms with van der Waals surface area (Å²) in [5.41, 5.74) is 3.53. The molecule has 5 nitrogen and oxygen atoms in total. The van der Waals surface area contributed by atoms with Crippen molar-refractivity contribution in [1.82, 2.24) is 15.5 Å². The van der Waals surface area contributed by atoms with Crippen LogP contribution in [-0.4, -0.2) is 35.2 Å². The molecule has 1 atom stereocenters. The standard InChI is InChI=1S/C14H17N3O2.2ClH/c18-14(19)12-6-11-13(7-15-12)17(9-16-11)8-10-4-2-1-3-5-10;;/h1-5,12,15-16H,6-9H2,(H,18,19);2*1H/t12-;;/m0../s1. The van der Waals surface area contributed by atoms with Crippen LogP contribution in [0.3, 0.4) is 0 Å². The summed E-state index contributed by atoms with van der Waals surface area (Å²) in [7, 11) is 0. The van der Waals surface area contributed by atoms with Crippen LogP contribution in [-0.2, 0) is 11.3 Å². The van der Waals surface area contributed by atoms with E-state index in [2.05, 4.69) is 27.7 Å². The molecule has 1 aromatic carbocycles. The van der Waals surface area contributed by atoms with Crippen LogP contribution in [0, 0.1) is 0 Å². The Morgan fingerprint density at radius 2 is 2.00 bits per heavy atom. The Bertz CT molecular complexity index is 522. The van der Waals surface area contributed by atoms with E-state index in [-0.39, 0.29) is 24.8 Å². The van der Waals surface area contributed by atoms with Crippen LogP contribution >= 0.6 is 24.8 Å². The Balaban J connectivity index is 0.00000110. The molecule has 0 radical (unpaired) electrons. The Kier molecular flexibility index (Phi) is 6.33. The van der Waals surface area contributed by atoms with Crippen molar-refractivity contribution in [1.29, 1.82) is 0 Å². The molecule has 2 aliphatic heterocycles. The molecule has 2 aliphatic rings. The highest BCUT2D eigenvalue weighted by molar-refractivity contribution is 5.85. The second-order valence-corrected chi connectivity index (χ2v) is 4.92. The van der Waals surface area contributed by atoms with Crippen LogP contribution in [0.2, 0.25) is 0 Å². The van der Waals surface area contributed by atoms with Crippen LogP contribution in [0.4, 0.5) is 0 Å². The van der Waals surface area contributed by atoms with Gasteiger partial charge in [-0.2, -0.15) is 0 Å². The van der Waals surface area contributed by atoms with Crippen LogP contribution in [0.15, 0.2) is 41.7 Å². The summed E-state index contributed by atoms with van der Waals surface area (Å²) in [6.07, 6.45) is 0.538. The van der Waals surface area contributed by atoms with Gasteiger partial charge in [-0.25, -0.2) is 0 Å². The van der Waals surface area contributed by atoms with Gasteiger partial charge >= 0.3 is 5.97 Å².